The maximum Gasteiger partial charge on any atom is 0.234 e. The van der Waals surface area contributed by atoms with Crippen molar-refractivity contribution in [3.05, 3.63) is 41.5 Å². The minimum absolute atomic E-state index is 0.194. The van der Waals surface area contributed by atoms with Crippen LogP contribution in [0.4, 0.5) is 11.6 Å². The van der Waals surface area contributed by atoms with Crippen LogP contribution in [0.2, 0.25) is 0 Å². The first kappa shape index (κ1) is 11.6. The number of aromatic nitrogens is 3. The van der Waals surface area contributed by atoms with Gasteiger partial charge in [0.25, 0.3) is 0 Å². The van der Waals surface area contributed by atoms with E-state index in [1.807, 2.05) is 24.3 Å². The molecule has 6 nitrogen and oxygen atoms in total. The Morgan fingerprint density at radius 1 is 1.32 bits per heavy atom. The Bertz CT molecular complexity index is 632. The van der Waals surface area contributed by atoms with Gasteiger partial charge in [-0.15, -0.1) is 0 Å². The number of nitrogens with one attached hydrogen (secondary N) is 2. The van der Waals surface area contributed by atoms with E-state index in [4.69, 9.17) is 5.26 Å². The first-order valence-electron chi connectivity index (χ1n) is 6.05. The molecule has 19 heavy (non-hydrogen) atoms. The molecule has 2 aromatic heterocycles. The molecular weight excluding hydrogens is 240 g/mol. The quantitative estimate of drug-likeness (QED) is 0.833. The molecule has 3 rings (SSSR count). The highest BCUT2D eigenvalue weighted by Crippen LogP contribution is 2.22. The van der Waals surface area contributed by atoms with E-state index >= 15 is 0 Å². The molecule has 2 N–H and O–H groups in total. The van der Waals surface area contributed by atoms with Gasteiger partial charge in [0, 0.05) is 31.3 Å². The third-order valence-electron chi connectivity index (χ3n) is 2.94. The van der Waals surface area contributed by atoms with Crippen molar-refractivity contribution in [3.63, 3.8) is 0 Å². The lowest BCUT2D eigenvalue weighted by molar-refractivity contribution is 0.626. The van der Waals surface area contributed by atoms with Gasteiger partial charge in [0.2, 0.25) is 5.82 Å². The van der Waals surface area contributed by atoms with E-state index in [0.29, 0.717) is 18.2 Å². The summed E-state index contributed by atoms with van der Waals surface area (Å²) in [5.74, 6) is 1.56. The highest BCUT2D eigenvalue weighted by atomic mass is 15.1. The van der Waals surface area contributed by atoms with E-state index in [0.717, 1.165) is 24.2 Å². The summed E-state index contributed by atoms with van der Waals surface area (Å²) in [6.45, 7) is 1.58. The summed E-state index contributed by atoms with van der Waals surface area (Å²) in [4.78, 5) is 12.7. The fraction of sp³-hybridized carbons (Fsp3) is 0.231. The number of fused-ring (bicyclic) bond motifs is 1. The zero-order valence-corrected chi connectivity index (χ0v) is 10.2. The Morgan fingerprint density at radius 2 is 2.26 bits per heavy atom. The Balaban J connectivity index is 2.02. The normalized spacial score (nSPS) is 13.4. The lowest BCUT2D eigenvalue weighted by Crippen LogP contribution is -2.26. The van der Waals surface area contributed by atoms with E-state index in [1.165, 1.54) is 0 Å². The highest BCUT2D eigenvalue weighted by molar-refractivity contribution is 5.57. The molecule has 1 aliphatic rings. The lowest BCUT2D eigenvalue weighted by Gasteiger charge is -2.19. The summed E-state index contributed by atoms with van der Waals surface area (Å²) in [5.41, 5.74) is 1.94. The van der Waals surface area contributed by atoms with Gasteiger partial charge in [-0.25, -0.2) is 15.0 Å². The van der Waals surface area contributed by atoms with Gasteiger partial charge in [-0.3, -0.25) is 0 Å². The van der Waals surface area contributed by atoms with Gasteiger partial charge >= 0.3 is 0 Å². The number of rotatable bonds is 2. The molecule has 1 aliphatic heterocycles. The van der Waals surface area contributed by atoms with Crippen molar-refractivity contribution in [1.82, 2.24) is 20.3 Å². The van der Waals surface area contributed by atoms with Crippen molar-refractivity contribution in [3.8, 4) is 6.07 Å². The van der Waals surface area contributed by atoms with Crippen LogP contribution in [-0.4, -0.2) is 21.5 Å². The molecule has 0 radical (unpaired) electrons. The van der Waals surface area contributed by atoms with Gasteiger partial charge in [-0.05, 0) is 12.1 Å². The first-order valence-corrected chi connectivity index (χ1v) is 6.05. The largest absolute Gasteiger partial charge is 0.325 e. The molecule has 3 heterocycles. The molecule has 0 bridgehead atoms. The second kappa shape index (κ2) is 5.00. The predicted molar refractivity (Wildman–Crippen MR) is 69.7 cm³/mol. The molecule has 0 saturated carbocycles. The second-order valence-electron chi connectivity index (χ2n) is 4.20. The maximum absolute atomic E-state index is 9.00. The van der Waals surface area contributed by atoms with E-state index in [-0.39, 0.29) is 5.82 Å². The van der Waals surface area contributed by atoms with Crippen LogP contribution >= 0.6 is 0 Å². The van der Waals surface area contributed by atoms with Crippen molar-refractivity contribution < 1.29 is 0 Å². The Hall–Kier alpha value is -2.52. The third-order valence-corrected chi connectivity index (χ3v) is 2.94. The van der Waals surface area contributed by atoms with E-state index < -0.39 is 0 Å². The summed E-state index contributed by atoms with van der Waals surface area (Å²) >= 11 is 0. The summed E-state index contributed by atoms with van der Waals surface area (Å²) < 4.78 is 0. The van der Waals surface area contributed by atoms with Gasteiger partial charge in [-0.2, -0.15) is 5.26 Å². The lowest BCUT2D eigenvalue weighted by atomic mass is 10.1. The average Bonchev–Trinajstić information content (AvgIpc) is 2.48. The molecule has 2 aromatic rings. The average molecular weight is 252 g/mol. The zero-order valence-electron chi connectivity index (χ0n) is 10.2. The molecule has 0 spiro atoms. The van der Waals surface area contributed by atoms with Crippen LogP contribution in [-0.2, 0) is 13.0 Å². The van der Waals surface area contributed by atoms with Gasteiger partial charge < -0.3 is 10.6 Å². The van der Waals surface area contributed by atoms with Gasteiger partial charge in [0.15, 0.2) is 0 Å². The smallest absolute Gasteiger partial charge is 0.234 e. The molecule has 6 heteroatoms. The van der Waals surface area contributed by atoms with Crippen LogP contribution in [0, 0.1) is 11.3 Å². The van der Waals surface area contributed by atoms with Crippen molar-refractivity contribution in [1.29, 1.82) is 5.26 Å². The molecule has 0 saturated heterocycles. The van der Waals surface area contributed by atoms with Crippen LogP contribution in [0.1, 0.15) is 17.1 Å². The molecule has 0 amide bonds. The van der Waals surface area contributed by atoms with Crippen LogP contribution in [0.3, 0.4) is 0 Å². The standard InChI is InChI=1S/C13H12N6/c14-7-12-17-10-4-6-15-8-9(10)13(19-12)18-11-3-1-2-5-16-11/h1-3,5,15H,4,6,8H2,(H,16,17,18,19). The Kier molecular flexibility index (Phi) is 3.04. The number of pyridine rings is 1. The van der Waals surface area contributed by atoms with Crippen LogP contribution < -0.4 is 10.6 Å². The van der Waals surface area contributed by atoms with Crippen molar-refractivity contribution in [2.24, 2.45) is 0 Å². The van der Waals surface area contributed by atoms with E-state index in [9.17, 15) is 0 Å². The Morgan fingerprint density at radius 3 is 3.05 bits per heavy atom. The zero-order chi connectivity index (χ0) is 13.1. The van der Waals surface area contributed by atoms with Crippen LogP contribution in [0.25, 0.3) is 0 Å². The first-order chi connectivity index (χ1) is 9.36. The minimum Gasteiger partial charge on any atom is -0.325 e. The molecule has 0 unspecified atom stereocenters. The summed E-state index contributed by atoms with van der Waals surface area (Å²) in [5, 5.41) is 15.4. The molecule has 94 valence electrons. The molecule has 0 aliphatic carbocycles. The number of nitriles is 1. The summed E-state index contributed by atoms with van der Waals surface area (Å²) in [6, 6.07) is 7.60. The monoisotopic (exact) mass is 252 g/mol. The number of anilines is 2. The van der Waals surface area contributed by atoms with Gasteiger partial charge in [0.05, 0.1) is 5.69 Å². The van der Waals surface area contributed by atoms with Crippen molar-refractivity contribution in [2.75, 3.05) is 11.9 Å². The molecule has 0 atom stereocenters. The topological polar surface area (TPSA) is 86.5 Å². The summed E-state index contributed by atoms with van der Waals surface area (Å²) in [6.07, 6.45) is 2.52. The maximum atomic E-state index is 9.00. The van der Waals surface area contributed by atoms with E-state index in [2.05, 4.69) is 25.6 Å². The number of nitrogens with zero attached hydrogens (tertiary/aromatic N) is 4. The SMILES string of the molecule is N#Cc1nc2c(c(Nc3ccccn3)n1)CNCC2. The van der Waals surface area contributed by atoms with E-state index in [1.54, 1.807) is 6.20 Å². The Labute approximate surface area is 110 Å². The minimum atomic E-state index is 0.194. The third kappa shape index (κ3) is 2.37. The van der Waals surface area contributed by atoms with Gasteiger partial charge in [0.1, 0.15) is 17.7 Å². The number of hydrogen-bond acceptors (Lipinski definition) is 6. The van der Waals surface area contributed by atoms with Crippen LogP contribution in [0.15, 0.2) is 24.4 Å². The molecule has 0 aromatic carbocycles. The molecule has 0 fully saturated rings. The highest BCUT2D eigenvalue weighted by Gasteiger charge is 2.17. The fourth-order valence-electron chi connectivity index (χ4n) is 2.05. The molecular formula is C13H12N6. The summed E-state index contributed by atoms with van der Waals surface area (Å²) in [7, 11) is 0. The second-order valence-corrected chi connectivity index (χ2v) is 4.20. The van der Waals surface area contributed by atoms with Gasteiger partial charge in [-0.1, -0.05) is 6.07 Å². The predicted octanol–water partition coefficient (Wildman–Crippen LogP) is 1.13. The van der Waals surface area contributed by atoms with Crippen molar-refractivity contribution >= 4 is 11.6 Å². The van der Waals surface area contributed by atoms with Crippen LogP contribution in [0.5, 0.6) is 0 Å². The number of hydrogen-bond donors (Lipinski definition) is 2. The fourth-order valence-corrected chi connectivity index (χ4v) is 2.05. The van der Waals surface area contributed by atoms with Crippen molar-refractivity contribution in [2.45, 2.75) is 13.0 Å².